The molecule has 0 saturated carbocycles. The number of carboxylic acids is 1. The summed E-state index contributed by atoms with van der Waals surface area (Å²) in [5, 5.41) is 24.9. The standard InChI is InChI=1S/C25H18ClN3O7S/c1-35-20-9-15(8-19(26)23(20)36-13-14-3-2-4-16(7-14)25(31)32)12-27-28-24(30)22-11-17-10-18(29(33)34)5-6-21(17)37-22/h2-12H,13H2,1H3,(H,28,30)(H,31,32)/b27-12-. The summed E-state index contributed by atoms with van der Waals surface area (Å²) < 4.78 is 11.9. The van der Waals surface area contributed by atoms with E-state index in [9.17, 15) is 19.7 Å². The molecule has 0 aliphatic carbocycles. The summed E-state index contributed by atoms with van der Waals surface area (Å²) in [6, 6.07) is 15.5. The first-order valence-corrected chi connectivity index (χ1v) is 11.8. The summed E-state index contributed by atoms with van der Waals surface area (Å²) in [6.07, 6.45) is 1.38. The fourth-order valence-corrected chi connectivity index (χ4v) is 4.59. The number of nitro benzene ring substituents is 1. The number of ether oxygens (including phenoxy) is 2. The number of hydrogen-bond acceptors (Lipinski definition) is 8. The lowest BCUT2D eigenvalue weighted by atomic mass is 10.1. The molecule has 4 rings (SSSR count). The highest BCUT2D eigenvalue weighted by Gasteiger charge is 2.14. The number of hydrazone groups is 1. The molecular weight excluding hydrogens is 522 g/mol. The van der Waals surface area contributed by atoms with Crippen LogP contribution in [0.1, 0.15) is 31.2 Å². The molecule has 37 heavy (non-hydrogen) atoms. The van der Waals surface area contributed by atoms with Crippen LogP contribution in [0, 0.1) is 10.1 Å². The van der Waals surface area contributed by atoms with E-state index in [4.69, 9.17) is 26.2 Å². The molecule has 0 radical (unpaired) electrons. The van der Waals surface area contributed by atoms with Crippen molar-refractivity contribution in [1.82, 2.24) is 5.43 Å². The molecule has 0 aliphatic heterocycles. The van der Waals surface area contributed by atoms with Crippen molar-refractivity contribution in [3.63, 3.8) is 0 Å². The number of carbonyl (C=O) groups excluding carboxylic acids is 1. The van der Waals surface area contributed by atoms with Gasteiger partial charge in [-0.2, -0.15) is 5.10 Å². The maximum Gasteiger partial charge on any atom is 0.335 e. The lowest BCUT2D eigenvalue weighted by Crippen LogP contribution is -2.16. The smallest absolute Gasteiger partial charge is 0.335 e. The average Bonchev–Trinajstić information content (AvgIpc) is 3.31. The number of nitro groups is 1. The fraction of sp³-hybridized carbons (Fsp3) is 0.0800. The van der Waals surface area contributed by atoms with Gasteiger partial charge in [-0.25, -0.2) is 10.2 Å². The van der Waals surface area contributed by atoms with Crippen LogP contribution in [0.2, 0.25) is 5.02 Å². The van der Waals surface area contributed by atoms with Crippen molar-refractivity contribution in [2.24, 2.45) is 5.10 Å². The zero-order valence-corrected chi connectivity index (χ0v) is 20.7. The number of carbonyl (C=O) groups is 2. The van der Waals surface area contributed by atoms with Gasteiger partial charge in [-0.3, -0.25) is 14.9 Å². The summed E-state index contributed by atoms with van der Waals surface area (Å²) in [5.74, 6) is -0.919. The minimum atomic E-state index is -1.04. The van der Waals surface area contributed by atoms with Gasteiger partial charge in [0.15, 0.2) is 11.5 Å². The van der Waals surface area contributed by atoms with Crippen LogP contribution in [-0.4, -0.2) is 35.2 Å². The van der Waals surface area contributed by atoms with Gasteiger partial charge < -0.3 is 14.6 Å². The third-order valence-corrected chi connectivity index (χ3v) is 6.52. The number of nitrogens with one attached hydrogen (secondary N) is 1. The number of thiophene rings is 1. The Hall–Kier alpha value is -4.48. The summed E-state index contributed by atoms with van der Waals surface area (Å²) >= 11 is 7.57. The van der Waals surface area contributed by atoms with Gasteiger partial charge in [-0.05, 0) is 47.5 Å². The maximum atomic E-state index is 12.5. The number of methoxy groups -OCH3 is 1. The zero-order chi connectivity index (χ0) is 26.5. The van der Waals surface area contributed by atoms with Crippen LogP contribution in [0.3, 0.4) is 0 Å². The molecule has 0 unspecified atom stereocenters. The normalized spacial score (nSPS) is 11.0. The van der Waals surface area contributed by atoms with Gasteiger partial charge in [0.1, 0.15) is 6.61 Å². The van der Waals surface area contributed by atoms with E-state index in [-0.39, 0.29) is 28.6 Å². The van der Waals surface area contributed by atoms with Crippen LogP contribution in [0.15, 0.2) is 65.8 Å². The molecule has 188 valence electrons. The van der Waals surface area contributed by atoms with Gasteiger partial charge in [0.25, 0.3) is 11.6 Å². The van der Waals surface area contributed by atoms with E-state index in [0.29, 0.717) is 27.1 Å². The number of benzene rings is 3. The monoisotopic (exact) mass is 539 g/mol. The first-order valence-electron chi connectivity index (χ1n) is 10.6. The van der Waals surface area contributed by atoms with E-state index in [2.05, 4.69) is 10.5 Å². The molecule has 12 heteroatoms. The molecule has 0 bridgehead atoms. The number of hydrogen-bond donors (Lipinski definition) is 2. The quantitative estimate of drug-likeness (QED) is 0.162. The number of aromatic carboxylic acids is 1. The van der Waals surface area contributed by atoms with E-state index in [1.54, 1.807) is 36.4 Å². The molecule has 1 aromatic heterocycles. The van der Waals surface area contributed by atoms with Gasteiger partial charge >= 0.3 is 5.97 Å². The highest BCUT2D eigenvalue weighted by atomic mass is 35.5. The molecule has 2 N–H and O–H groups in total. The van der Waals surface area contributed by atoms with Crippen molar-refractivity contribution in [2.75, 3.05) is 7.11 Å². The predicted molar refractivity (Wildman–Crippen MR) is 139 cm³/mol. The molecule has 0 saturated heterocycles. The van der Waals surface area contributed by atoms with Gasteiger partial charge in [-0.1, -0.05) is 23.7 Å². The molecule has 3 aromatic carbocycles. The van der Waals surface area contributed by atoms with E-state index >= 15 is 0 Å². The second-order valence-electron chi connectivity index (χ2n) is 7.62. The van der Waals surface area contributed by atoms with Crippen molar-refractivity contribution in [3.05, 3.63) is 97.4 Å². The number of non-ortho nitro benzene ring substituents is 1. The Morgan fingerprint density at radius 1 is 1.19 bits per heavy atom. The Kier molecular flexibility index (Phi) is 7.66. The molecule has 0 atom stereocenters. The third-order valence-electron chi connectivity index (χ3n) is 5.12. The molecule has 0 fully saturated rings. The molecule has 1 amide bonds. The Bertz CT molecular complexity index is 1550. The van der Waals surface area contributed by atoms with Crippen LogP contribution in [0.5, 0.6) is 11.5 Å². The molecule has 0 spiro atoms. The van der Waals surface area contributed by atoms with Crippen LogP contribution >= 0.6 is 22.9 Å². The highest BCUT2D eigenvalue weighted by molar-refractivity contribution is 7.20. The lowest BCUT2D eigenvalue weighted by Gasteiger charge is -2.13. The molecule has 10 nitrogen and oxygen atoms in total. The van der Waals surface area contributed by atoms with Gasteiger partial charge in [0, 0.05) is 22.2 Å². The van der Waals surface area contributed by atoms with Crippen molar-refractivity contribution in [1.29, 1.82) is 0 Å². The van der Waals surface area contributed by atoms with Crippen LogP contribution in [0.25, 0.3) is 10.1 Å². The van der Waals surface area contributed by atoms with Crippen molar-refractivity contribution >= 4 is 56.8 Å². The maximum absolute atomic E-state index is 12.5. The van der Waals surface area contributed by atoms with Crippen LogP contribution in [0.4, 0.5) is 5.69 Å². The average molecular weight is 540 g/mol. The molecule has 1 heterocycles. The number of amides is 1. The van der Waals surface area contributed by atoms with Crippen molar-refractivity contribution in [3.8, 4) is 11.5 Å². The van der Waals surface area contributed by atoms with Crippen molar-refractivity contribution in [2.45, 2.75) is 6.61 Å². The van der Waals surface area contributed by atoms with Crippen LogP contribution < -0.4 is 14.9 Å². The Morgan fingerprint density at radius 3 is 2.73 bits per heavy atom. The SMILES string of the molecule is COc1cc(/C=N\NC(=O)c2cc3cc([N+](=O)[O-])ccc3s2)cc(Cl)c1OCc1cccc(C(=O)O)c1. The minimum absolute atomic E-state index is 0.0534. The third kappa shape index (κ3) is 6.02. The van der Waals surface area contributed by atoms with E-state index < -0.39 is 16.8 Å². The Morgan fingerprint density at radius 2 is 2.00 bits per heavy atom. The Balaban J connectivity index is 1.44. The van der Waals surface area contributed by atoms with Crippen molar-refractivity contribution < 1.29 is 29.1 Å². The highest BCUT2D eigenvalue weighted by Crippen LogP contribution is 2.36. The second-order valence-corrected chi connectivity index (χ2v) is 9.11. The lowest BCUT2D eigenvalue weighted by molar-refractivity contribution is -0.384. The van der Waals surface area contributed by atoms with Gasteiger partial charge in [0.05, 0.1) is 33.7 Å². The van der Waals surface area contributed by atoms with E-state index in [1.165, 1.54) is 48.9 Å². The topological polar surface area (TPSA) is 140 Å². The summed E-state index contributed by atoms with van der Waals surface area (Å²) in [4.78, 5) is 34.5. The summed E-state index contributed by atoms with van der Waals surface area (Å²) in [7, 11) is 1.44. The number of halogens is 1. The number of carboxylic acid groups (broad SMARTS) is 1. The van der Waals surface area contributed by atoms with Crippen LogP contribution in [-0.2, 0) is 6.61 Å². The van der Waals surface area contributed by atoms with Gasteiger partial charge in [0.2, 0.25) is 0 Å². The van der Waals surface area contributed by atoms with E-state index in [0.717, 1.165) is 4.70 Å². The number of rotatable bonds is 9. The summed E-state index contributed by atoms with van der Waals surface area (Å²) in [5.41, 5.74) is 3.68. The van der Waals surface area contributed by atoms with Gasteiger partial charge in [-0.15, -0.1) is 11.3 Å². The first-order chi connectivity index (χ1) is 17.7. The minimum Gasteiger partial charge on any atom is -0.493 e. The number of nitrogens with zero attached hydrogens (tertiary/aromatic N) is 2. The molecular formula is C25H18ClN3O7S. The predicted octanol–water partition coefficient (Wildman–Crippen LogP) is 5.51. The molecule has 0 aliphatic rings. The summed E-state index contributed by atoms with van der Waals surface area (Å²) in [6.45, 7) is 0.0685. The number of fused-ring (bicyclic) bond motifs is 1. The zero-order valence-electron chi connectivity index (χ0n) is 19.1. The second kappa shape index (κ2) is 11.1. The first kappa shape index (κ1) is 25.6. The Labute approximate surface area is 218 Å². The molecule has 4 aromatic rings. The van der Waals surface area contributed by atoms with E-state index in [1.807, 2.05) is 0 Å². The fourth-order valence-electron chi connectivity index (χ4n) is 3.38. The largest absolute Gasteiger partial charge is 0.493 e.